The van der Waals surface area contributed by atoms with Crippen LogP contribution < -0.4 is 16.0 Å². The first-order chi connectivity index (χ1) is 8.19. The third kappa shape index (κ3) is 4.54. The number of hydrogen-bond donors (Lipinski definition) is 2. The number of anilines is 1. The van der Waals surface area contributed by atoms with E-state index in [0.717, 1.165) is 19.6 Å². The lowest BCUT2D eigenvalue weighted by atomic mass is 10.5. The van der Waals surface area contributed by atoms with Gasteiger partial charge in [-0.3, -0.25) is 0 Å². The molecule has 0 bridgehead atoms. The van der Waals surface area contributed by atoms with Crippen LogP contribution in [0.15, 0.2) is 6.07 Å². The zero-order valence-electron chi connectivity index (χ0n) is 10.7. The Morgan fingerprint density at radius 3 is 2.65 bits per heavy atom. The van der Waals surface area contributed by atoms with Crippen molar-refractivity contribution in [2.45, 2.75) is 20.8 Å². The minimum atomic E-state index is 0.553. The maximum atomic E-state index is 5.58. The van der Waals surface area contributed by atoms with Crippen molar-refractivity contribution < 1.29 is 4.74 Å². The first-order valence-corrected chi connectivity index (χ1v) is 5.87. The van der Waals surface area contributed by atoms with Gasteiger partial charge in [-0.2, -0.15) is 4.98 Å². The first kappa shape index (κ1) is 13.7. The molecule has 96 valence electrons. The maximum Gasteiger partial charge on any atom is 0.218 e. The summed E-state index contributed by atoms with van der Waals surface area (Å²) < 4.78 is 5.58. The van der Waals surface area contributed by atoms with Crippen molar-refractivity contribution in [1.29, 1.82) is 0 Å². The smallest absolute Gasteiger partial charge is 0.218 e. The molecule has 1 rings (SSSR count). The molecule has 0 unspecified atom stereocenters. The van der Waals surface area contributed by atoms with Crippen molar-refractivity contribution in [3.05, 3.63) is 11.9 Å². The maximum absolute atomic E-state index is 5.58. The fraction of sp³-hybridized carbons (Fsp3) is 0.636. The van der Waals surface area contributed by atoms with Gasteiger partial charge in [-0.1, -0.05) is 13.8 Å². The molecule has 0 radical (unpaired) electrons. The Bertz CT molecular complexity index is 341. The summed E-state index contributed by atoms with van der Waals surface area (Å²) in [6.07, 6.45) is 0. The van der Waals surface area contributed by atoms with Crippen molar-refractivity contribution >= 4 is 5.82 Å². The van der Waals surface area contributed by atoms with Gasteiger partial charge in [0.25, 0.3) is 0 Å². The number of nitrogen functional groups attached to an aromatic ring is 1. The summed E-state index contributed by atoms with van der Waals surface area (Å²) in [5.74, 6) is 7.06. The molecule has 0 atom stereocenters. The zero-order chi connectivity index (χ0) is 12.7. The van der Waals surface area contributed by atoms with Crippen molar-refractivity contribution in [2.75, 3.05) is 31.7 Å². The van der Waals surface area contributed by atoms with Gasteiger partial charge in [-0.15, -0.1) is 0 Å². The molecule has 0 saturated heterocycles. The van der Waals surface area contributed by atoms with Gasteiger partial charge in [0.1, 0.15) is 18.2 Å². The van der Waals surface area contributed by atoms with Crippen molar-refractivity contribution in [3.8, 4) is 5.88 Å². The molecule has 3 N–H and O–H groups in total. The van der Waals surface area contributed by atoms with E-state index in [2.05, 4.69) is 34.1 Å². The molecule has 0 aliphatic heterocycles. The Morgan fingerprint density at radius 1 is 1.35 bits per heavy atom. The number of nitrogens with two attached hydrogens (primary N) is 1. The second-order valence-corrected chi connectivity index (χ2v) is 3.66. The number of hydrogen-bond acceptors (Lipinski definition) is 6. The van der Waals surface area contributed by atoms with Crippen LogP contribution in [-0.4, -0.2) is 41.1 Å². The SMILES string of the molecule is CCN(CC)CCOc1cc(NN)nc(C)n1. The quantitative estimate of drug-likeness (QED) is 0.541. The van der Waals surface area contributed by atoms with Gasteiger partial charge in [0.05, 0.1) is 0 Å². The van der Waals surface area contributed by atoms with Crippen LogP contribution in [-0.2, 0) is 0 Å². The zero-order valence-corrected chi connectivity index (χ0v) is 10.7. The Kier molecular flexibility index (Phi) is 5.65. The molecule has 1 heterocycles. The van der Waals surface area contributed by atoms with Crippen LogP contribution in [0.5, 0.6) is 5.88 Å². The molecule has 0 aliphatic carbocycles. The standard InChI is InChI=1S/C11H21N5O/c1-4-16(5-2)6-7-17-11-8-10(15-12)13-9(3)14-11/h8H,4-7,12H2,1-3H3,(H,13,14,15). The van der Waals surface area contributed by atoms with E-state index in [-0.39, 0.29) is 0 Å². The van der Waals surface area contributed by atoms with Crippen molar-refractivity contribution in [1.82, 2.24) is 14.9 Å². The topological polar surface area (TPSA) is 76.3 Å². The van der Waals surface area contributed by atoms with Crippen LogP contribution in [0.1, 0.15) is 19.7 Å². The largest absolute Gasteiger partial charge is 0.476 e. The van der Waals surface area contributed by atoms with Gasteiger partial charge >= 0.3 is 0 Å². The molecule has 6 heteroatoms. The number of hydrazine groups is 1. The summed E-state index contributed by atoms with van der Waals surface area (Å²) >= 11 is 0. The van der Waals surface area contributed by atoms with E-state index in [4.69, 9.17) is 10.6 Å². The second kappa shape index (κ2) is 7.03. The molecule has 0 aromatic carbocycles. The van der Waals surface area contributed by atoms with Crippen molar-refractivity contribution in [2.24, 2.45) is 5.84 Å². The Morgan fingerprint density at radius 2 is 2.06 bits per heavy atom. The molecule has 6 nitrogen and oxygen atoms in total. The summed E-state index contributed by atoms with van der Waals surface area (Å²) in [5.41, 5.74) is 2.49. The van der Waals surface area contributed by atoms with Gasteiger partial charge in [0, 0.05) is 12.6 Å². The third-order valence-corrected chi connectivity index (χ3v) is 2.51. The van der Waals surface area contributed by atoms with Crippen LogP contribution in [0.25, 0.3) is 0 Å². The number of rotatable bonds is 7. The number of nitrogens with one attached hydrogen (secondary N) is 1. The molecular formula is C11H21N5O. The van der Waals surface area contributed by atoms with Crippen LogP contribution in [0, 0.1) is 6.92 Å². The molecule has 0 saturated carbocycles. The molecule has 0 amide bonds. The summed E-state index contributed by atoms with van der Waals surface area (Å²) in [6, 6.07) is 1.69. The summed E-state index contributed by atoms with van der Waals surface area (Å²) in [7, 11) is 0. The van der Waals surface area contributed by atoms with Crippen LogP contribution in [0.2, 0.25) is 0 Å². The van der Waals surface area contributed by atoms with E-state index in [1.165, 1.54) is 0 Å². The number of likely N-dealkylation sites (N-methyl/N-ethyl adjacent to an activating group) is 1. The Labute approximate surface area is 102 Å². The van der Waals surface area contributed by atoms with Crippen LogP contribution in [0.3, 0.4) is 0 Å². The highest BCUT2D eigenvalue weighted by molar-refractivity contribution is 5.36. The van der Waals surface area contributed by atoms with E-state index >= 15 is 0 Å². The lowest BCUT2D eigenvalue weighted by molar-refractivity contribution is 0.217. The van der Waals surface area contributed by atoms with E-state index in [0.29, 0.717) is 24.1 Å². The molecule has 0 fully saturated rings. The number of aromatic nitrogens is 2. The van der Waals surface area contributed by atoms with E-state index in [9.17, 15) is 0 Å². The molecule has 0 aliphatic rings. The van der Waals surface area contributed by atoms with E-state index in [1.54, 1.807) is 13.0 Å². The lowest BCUT2D eigenvalue weighted by Gasteiger charge is -2.17. The van der Waals surface area contributed by atoms with Crippen LogP contribution >= 0.6 is 0 Å². The summed E-state index contributed by atoms with van der Waals surface area (Å²) in [5, 5.41) is 0. The van der Waals surface area contributed by atoms with Crippen molar-refractivity contribution in [3.63, 3.8) is 0 Å². The minimum Gasteiger partial charge on any atom is -0.476 e. The Hall–Kier alpha value is -1.40. The minimum absolute atomic E-state index is 0.553. The lowest BCUT2D eigenvalue weighted by Crippen LogP contribution is -2.28. The molecular weight excluding hydrogens is 218 g/mol. The predicted octanol–water partition coefficient (Wildman–Crippen LogP) is 0.791. The van der Waals surface area contributed by atoms with Gasteiger partial charge in [0.2, 0.25) is 5.88 Å². The predicted molar refractivity (Wildman–Crippen MR) is 67.9 cm³/mol. The third-order valence-electron chi connectivity index (χ3n) is 2.51. The van der Waals surface area contributed by atoms with E-state index < -0.39 is 0 Å². The van der Waals surface area contributed by atoms with Gasteiger partial charge < -0.3 is 15.1 Å². The highest BCUT2D eigenvalue weighted by Crippen LogP contribution is 2.12. The summed E-state index contributed by atoms with van der Waals surface area (Å²) in [4.78, 5) is 10.6. The fourth-order valence-corrected chi connectivity index (χ4v) is 1.51. The highest BCUT2D eigenvalue weighted by atomic mass is 16.5. The number of ether oxygens (including phenoxy) is 1. The first-order valence-electron chi connectivity index (χ1n) is 5.87. The highest BCUT2D eigenvalue weighted by Gasteiger charge is 2.03. The normalized spacial score (nSPS) is 10.6. The van der Waals surface area contributed by atoms with Crippen LogP contribution in [0.4, 0.5) is 5.82 Å². The molecule has 0 spiro atoms. The number of nitrogens with zero attached hydrogens (tertiary/aromatic N) is 3. The van der Waals surface area contributed by atoms with Gasteiger partial charge in [-0.25, -0.2) is 10.8 Å². The average molecular weight is 239 g/mol. The van der Waals surface area contributed by atoms with Gasteiger partial charge in [0.15, 0.2) is 0 Å². The fourth-order valence-electron chi connectivity index (χ4n) is 1.51. The average Bonchev–Trinajstić information content (AvgIpc) is 2.34. The number of aryl methyl sites for hydroxylation is 1. The monoisotopic (exact) mass is 239 g/mol. The molecule has 17 heavy (non-hydrogen) atoms. The summed E-state index contributed by atoms with van der Waals surface area (Å²) in [6.45, 7) is 9.63. The molecule has 1 aromatic rings. The molecule has 1 aromatic heterocycles. The Balaban J connectivity index is 2.48. The second-order valence-electron chi connectivity index (χ2n) is 3.66. The van der Waals surface area contributed by atoms with E-state index in [1.807, 2.05) is 0 Å². The van der Waals surface area contributed by atoms with Gasteiger partial charge in [-0.05, 0) is 20.0 Å².